The van der Waals surface area contributed by atoms with Gasteiger partial charge in [0.25, 0.3) is 0 Å². The van der Waals surface area contributed by atoms with Gasteiger partial charge in [-0.15, -0.1) is 0 Å². The van der Waals surface area contributed by atoms with Crippen LogP contribution >= 0.6 is 0 Å². The molecule has 3 heteroatoms. The zero-order chi connectivity index (χ0) is 11.0. The summed E-state index contributed by atoms with van der Waals surface area (Å²) in [5, 5.41) is 0. The third-order valence-corrected chi connectivity index (χ3v) is 3.04. The molecule has 0 radical (unpaired) electrons. The third kappa shape index (κ3) is 1.66. The highest BCUT2D eigenvalue weighted by Crippen LogP contribution is 2.38. The molecule has 0 saturated heterocycles. The van der Waals surface area contributed by atoms with Gasteiger partial charge in [0.15, 0.2) is 17.4 Å². The van der Waals surface area contributed by atoms with Crippen molar-refractivity contribution in [2.24, 2.45) is 0 Å². The molecule has 2 rings (SSSR count). The quantitative estimate of drug-likeness (QED) is 0.683. The first-order valence-corrected chi connectivity index (χ1v) is 5.10. The van der Waals surface area contributed by atoms with E-state index in [0.717, 1.165) is 19.3 Å². The standard InChI is InChI=1S/C12H12F2O/c1-7(15)9-5-6-10(8-3-2-4-8)12(14)11(9)13/h5-6,8H,2-4H2,1H3. The van der Waals surface area contributed by atoms with Crippen molar-refractivity contribution in [3.8, 4) is 0 Å². The molecular formula is C12H12F2O. The van der Waals surface area contributed by atoms with Crippen molar-refractivity contribution in [1.82, 2.24) is 0 Å². The van der Waals surface area contributed by atoms with Crippen LogP contribution in [0.3, 0.4) is 0 Å². The molecule has 80 valence electrons. The first-order chi connectivity index (χ1) is 7.11. The van der Waals surface area contributed by atoms with Crippen LogP contribution in [0.25, 0.3) is 0 Å². The first kappa shape index (κ1) is 10.3. The summed E-state index contributed by atoms with van der Waals surface area (Å²) in [6, 6.07) is 2.92. The Bertz CT molecular complexity index is 408. The zero-order valence-electron chi connectivity index (χ0n) is 8.52. The number of carbonyl (C=O) groups excluding carboxylic acids is 1. The first-order valence-electron chi connectivity index (χ1n) is 5.10. The summed E-state index contributed by atoms with van der Waals surface area (Å²) in [7, 11) is 0. The van der Waals surface area contributed by atoms with Crippen molar-refractivity contribution < 1.29 is 13.6 Å². The highest BCUT2D eigenvalue weighted by molar-refractivity contribution is 5.94. The van der Waals surface area contributed by atoms with Crippen LogP contribution in [0.1, 0.15) is 48.0 Å². The molecule has 1 saturated carbocycles. The molecule has 1 aliphatic carbocycles. The summed E-state index contributed by atoms with van der Waals surface area (Å²) in [6.07, 6.45) is 2.89. The summed E-state index contributed by atoms with van der Waals surface area (Å²) in [6.45, 7) is 1.24. The summed E-state index contributed by atoms with van der Waals surface area (Å²) >= 11 is 0. The van der Waals surface area contributed by atoms with Gasteiger partial charge >= 0.3 is 0 Å². The third-order valence-electron chi connectivity index (χ3n) is 3.04. The molecule has 1 aromatic rings. The molecule has 0 aromatic heterocycles. The minimum Gasteiger partial charge on any atom is -0.294 e. The van der Waals surface area contributed by atoms with E-state index >= 15 is 0 Å². The predicted molar refractivity (Wildman–Crippen MR) is 53.0 cm³/mol. The maximum Gasteiger partial charge on any atom is 0.169 e. The number of rotatable bonds is 2. The van der Waals surface area contributed by atoms with E-state index in [2.05, 4.69) is 0 Å². The van der Waals surface area contributed by atoms with E-state index < -0.39 is 17.4 Å². The second-order valence-corrected chi connectivity index (χ2v) is 4.01. The zero-order valence-corrected chi connectivity index (χ0v) is 8.52. The fourth-order valence-electron chi connectivity index (χ4n) is 1.87. The van der Waals surface area contributed by atoms with E-state index in [9.17, 15) is 13.6 Å². The van der Waals surface area contributed by atoms with Crippen LogP contribution in [0, 0.1) is 11.6 Å². The van der Waals surface area contributed by atoms with Crippen LogP contribution in [-0.2, 0) is 0 Å². The average molecular weight is 210 g/mol. The molecule has 1 aromatic carbocycles. The van der Waals surface area contributed by atoms with Gasteiger partial charge in [-0.3, -0.25) is 4.79 Å². The van der Waals surface area contributed by atoms with E-state index in [4.69, 9.17) is 0 Å². The van der Waals surface area contributed by atoms with E-state index in [-0.39, 0.29) is 11.5 Å². The molecule has 1 fully saturated rings. The minimum atomic E-state index is -0.994. The van der Waals surface area contributed by atoms with Gasteiger partial charge in [-0.25, -0.2) is 8.78 Å². The summed E-state index contributed by atoms with van der Waals surface area (Å²) in [5.41, 5.74) is 0.263. The van der Waals surface area contributed by atoms with Crippen LogP contribution in [0.15, 0.2) is 12.1 Å². The van der Waals surface area contributed by atoms with Crippen LogP contribution in [0.4, 0.5) is 8.78 Å². The highest BCUT2D eigenvalue weighted by Gasteiger charge is 2.25. The Morgan fingerprint density at radius 1 is 1.27 bits per heavy atom. The van der Waals surface area contributed by atoms with E-state index in [0.29, 0.717) is 5.56 Å². The Balaban J connectivity index is 2.43. The molecule has 0 N–H and O–H groups in total. The molecule has 0 atom stereocenters. The van der Waals surface area contributed by atoms with E-state index in [1.54, 1.807) is 6.07 Å². The predicted octanol–water partition coefficient (Wildman–Crippen LogP) is 3.43. The van der Waals surface area contributed by atoms with Crippen molar-refractivity contribution in [2.45, 2.75) is 32.1 Å². The van der Waals surface area contributed by atoms with Gasteiger partial charge in [0.1, 0.15) is 0 Å². The lowest BCUT2D eigenvalue weighted by molar-refractivity contribution is 0.101. The lowest BCUT2D eigenvalue weighted by Gasteiger charge is -2.26. The molecule has 0 bridgehead atoms. The Labute approximate surface area is 87.1 Å². The average Bonchev–Trinajstić information content (AvgIpc) is 2.09. The SMILES string of the molecule is CC(=O)c1ccc(C2CCC2)c(F)c1F. The lowest BCUT2D eigenvalue weighted by atomic mass is 9.79. The van der Waals surface area contributed by atoms with Crippen molar-refractivity contribution in [3.05, 3.63) is 34.9 Å². The monoisotopic (exact) mass is 210 g/mol. The van der Waals surface area contributed by atoms with Crippen molar-refractivity contribution >= 4 is 5.78 Å². The van der Waals surface area contributed by atoms with Crippen LogP contribution < -0.4 is 0 Å². The smallest absolute Gasteiger partial charge is 0.169 e. The Morgan fingerprint density at radius 2 is 1.93 bits per heavy atom. The Hall–Kier alpha value is -1.25. The van der Waals surface area contributed by atoms with E-state index in [1.165, 1.54) is 13.0 Å². The minimum absolute atomic E-state index is 0.139. The molecule has 0 spiro atoms. The number of hydrogen-bond donors (Lipinski definition) is 0. The maximum atomic E-state index is 13.6. The van der Waals surface area contributed by atoms with Gasteiger partial charge in [0.2, 0.25) is 0 Å². The number of benzene rings is 1. The second kappa shape index (κ2) is 3.72. The van der Waals surface area contributed by atoms with Crippen LogP contribution in [-0.4, -0.2) is 5.78 Å². The summed E-state index contributed by atoms with van der Waals surface area (Å²) in [5.74, 6) is -2.13. The number of hydrogen-bond acceptors (Lipinski definition) is 1. The molecule has 0 amide bonds. The second-order valence-electron chi connectivity index (χ2n) is 4.01. The van der Waals surface area contributed by atoms with Gasteiger partial charge in [-0.05, 0) is 37.3 Å². The fourth-order valence-corrected chi connectivity index (χ4v) is 1.87. The lowest BCUT2D eigenvalue weighted by Crippen LogP contribution is -2.13. The van der Waals surface area contributed by atoms with Crippen LogP contribution in [0.2, 0.25) is 0 Å². The summed E-state index contributed by atoms with van der Waals surface area (Å²) < 4.78 is 27.0. The molecule has 1 nitrogen and oxygen atoms in total. The number of ketones is 1. The van der Waals surface area contributed by atoms with Gasteiger partial charge < -0.3 is 0 Å². The van der Waals surface area contributed by atoms with Gasteiger partial charge in [0, 0.05) is 0 Å². The fraction of sp³-hybridized carbons (Fsp3) is 0.417. The number of Topliss-reactive ketones (excluding diaryl/α,β-unsaturated/α-hetero) is 1. The molecule has 0 aliphatic heterocycles. The highest BCUT2D eigenvalue weighted by atomic mass is 19.2. The molecule has 0 unspecified atom stereocenters. The Kier molecular flexibility index (Phi) is 2.55. The van der Waals surface area contributed by atoms with Gasteiger partial charge in [-0.2, -0.15) is 0 Å². The molecule has 15 heavy (non-hydrogen) atoms. The van der Waals surface area contributed by atoms with Crippen molar-refractivity contribution in [3.63, 3.8) is 0 Å². The number of carbonyl (C=O) groups is 1. The molecule has 1 aliphatic rings. The van der Waals surface area contributed by atoms with Crippen molar-refractivity contribution in [1.29, 1.82) is 0 Å². The van der Waals surface area contributed by atoms with Gasteiger partial charge in [-0.1, -0.05) is 12.5 Å². The van der Waals surface area contributed by atoms with E-state index in [1.807, 2.05) is 0 Å². The van der Waals surface area contributed by atoms with Crippen molar-refractivity contribution in [2.75, 3.05) is 0 Å². The van der Waals surface area contributed by atoms with Gasteiger partial charge in [0.05, 0.1) is 5.56 Å². The normalized spacial score (nSPS) is 16.2. The number of halogens is 2. The molecule has 0 heterocycles. The molecular weight excluding hydrogens is 198 g/mol. The Morgan fingerprint density at radius 3 is 2.40 bits per heavy atom. The topological polar surface area (TPSA) is 17.1 Å². The maximum absolute atomic E-state index is 13.6. The summed E-state index contributed by atoms with van der Waals surface area (Å²) in [4.78, 5) is 11.0. The van der Waals surface area contributed by atoms with Crippen LogP contribution in [0.5, 0.6) is 0 Å². The largest absolute Gasteiger partial charge is 0.294 e.